The summed E-state index contributed by atoms with van der Waals surface area (Å²) in [5.74, 6) is -3.52. The van der Waals surface area contributed by atoms with Gasteiger partial charge in [-0.05, 0) is 25.0 Å². The molecule has 0 aliphatic heterocycles. The van der Waals surface area contributed by atoms with Crippen LogP contribution in [0.25, 0.3) is 0 Å². The number of carbonyl (C=O) groups excluding carboxylic acids is 1. The van der Waals surface area contributed by atoms with Crippen molar-refractivity contribution in [3.8, 4) is 0 Å². The van der Waals surface area contributed by atoms with Gasteiger partial charge < -0.3 is 15.0 Å². The van der Waals surface area contributed by atoms with Crippen molar-refractivity contribution in [1.82, 2.24) is 0 Å². The normalized spacial score (nSPS) is 10.7. The van der Waals surface area contributed by atoms with Crippen LogP contribution in [-0.2, 0) is 10.1 Å². The molecule has 0 atom stereocenters. The monoisotopic (exact) mass is 296 g/mol. The quantitative estimate of drug-likeness (QED) is 0.439. The Balaban J connectivity index is 0.00000324. The van der Waals surface area contributed by atoms with E-state index in [1.54, 1.807) is 0 Å². The van der Waals surface area contributed by atoms with Crippen molar-refractivity contribution in [2.24, 2.45) is 0 Å². The summed E-state index contributed by atoms with van der Waals surface area (Å²) >= 11 is 0. The summed E-state index contributed by atoms with van der Waals surface area (Å²) in [5.41, 5.74) is -1.61. The number of hydrogen-bond acceptors (Lipinski definition) is 5. The van der Waals surface area contributed by atoms with Crippen LogP contribution >= 0.6 is 0 Å². The molecule has 1 rings (SSSR count). The summed E-state index contributed by atoms with van der Waals surface area (Å²) in [4.78, 5) is 20.7. The molecule has 0 saturated heterocycles. The van der Waals surface area contributed by atoms with Crippen molar-refractivity contribution < 1.29 is 62.3 Å². The van der Waals surface area contributed by atoms with Crippen molar-refractivity contribution >= 4 is 22.1 Å². The van der Waals surface area contributed by atoms with Gasteiger partial charge in [0.25, 0.3) is 10.1 Å². The molecule has 1 aromatic rings. The van der Waals surface area contributed by atoms with Crippen LogP contribution in [0.4, 0.5) is 0 Å². The molecule has 0 heterocycles. The molecule has 0 aliphatic carbocycles. The molecular formula is C10H9NaO7S. The summed E-state index contributed by atoms with van der Waals surface area (Å²) in [6, 6.07) is 1.20. The molecule has 0 unspecified atom stereocenters. The van der Waals surface area contributed by atoms with E-state index in [2.05, 4.69) is 0 Å². The van der Waals surface area contributed by atoms with E-state index >= 15 is 0 Å². The van der Waals surface area contributed by atoms with Gasteiger partial charge in [-0.3, -0.25) is 4.55 Å². The van der Waals surface area contributed by atoms with Crippen molar-refractivity contribution in [3.05, 3.63) is 28.3 Å². The number of rotatable bonds is 3. The van der Waals surface area contributed by atoms with Gasteiger partial charge in [0, 0.05) is 5.56 Å². The van der Waals surface area contributed by atoms with Gasteiger partial charge in [-0.15, -0.1) is 0 Å². The van der Waals surface area contributed by atoms with E-state index in [0.29, 0.717) is 0 Å². The van der Waals surface area contributed by atoms with Crippen molar-refractivity contribution in [1.29, 1.82) is 0 Å². The molecule has 0 saturated carbocycles. The summed E-state index contributed by atoms with van der Waals surface area (Å²) in [6.07, 6.45) is 0. The maximum absolute atomic E-state index is 11.2. The Morgan fingerprint density at radius 3 is 1.89 bits per heavy atom. The molecule has 9 heteroatoms. The van der Waals surface area contributed by atoms with Gasteiger partial charge in [-0.2, -0.15) is 8.42 Å². The van der Waals surface area contributed by atoms with Crippen molar-refractivity contribution in [2.75, 3.05) is 0 Å². The van der Waals surface area contributed by atoms with Crippen molar-refractivity contribution in [2.45, 2.75) is 18.7 Å². The van der Waals surface area contributed by atoms with Crippen LogP contribution in [0, 0.1) is 13.8 Å². The molecule has 7 nitrogen and oxygen atoms in total. The average Bonchev–Trinajstić information content (AvgIpc) is 2.13. The maximum Gasteiger partial charge on any atom is 1.00 e. The molecule has 19 heavy (non-hydrogen) atoms. The van der Waals surface area contributed by atoms with Gasteiger partial charge in [0.1, 0.15) is 4.90 Å². The fraction of sp³-hybridized carbons (Fsp3) is 0.200. The van der Waals surface area contributed by atoms with E-state index in [4.69, 9.17) is 9.66 Å². The SMILES string of the molecule is Cc1cc(C)c(C(=O)O)c(S(=O)(=O)O)c1C(=O)[O-].[Na+]. The zero-order chi connectivity index (χ0) is 14.2. The number of hydrogen-bond donors (Lipinski definition) is 2. The predicted molar refractivity (Wildman–Crippen MR) is 57.0 cm³/mol. The zero-order valence-electron chi connectivity index (χ0n) is 10.4. The molecule has 0 bridgehead atoms. The minimum absolute atomic E-state index is 0. The summed E-state index contributed by atoms with van der Waals surface area (Å²) in [7, 11) is -5.00. The zero-order valence-corrected chi connectivity index (χ0v) is 13.2. The van der Waals surface area contributed by atoms with Gasteiger partial charge in [-0.1, -0.05) is 6.07 Å². The Morgan fingerprint density at radius 2 is 1.58 bits per heavy atom. The number of aryl methyl sites for hydroxylation is 2. The van der Waals surface area contributed by atoms with Crippen LogP contribution in [-0.4, -0.2) is 30.0 Å². The third kappa shape index (κ3) is 3.54. The molecule has 0 fully saturated rings. The second-order valence-corrected chi connectivity index (χ2v) is 5.02. The molecule has 98 valence electrons. The molecule has 0 amide bonds. The van der Waals surface area contributed by atoms with Gasteiger partial charge in [0.2, 0.25) is 0 Å². The van der Waals surface area contributed by atoms with E-state index in [0.717, 1.165) is 0 Å². The van der Waals surface area contributed by atoms with Crippen LogP contribution in [0.15, 0.2) is 11.0 Å². The number of carbonyl (C=O) groups is 2. The van der Waals surface area contributed by atoms with Gasteiger partial charge in [0.15, 0.2) is 0 Å². The summed E-state index contributed by atoms with van der Waals surface area (Å²) in [6.45, 7) is 2.57. The number of carboxylic acids is 2. The number of aromatic carboxylic acids is 2. The molecule has 2 N–H and O–H groups in total. The minimum Gasteiger partial charge on any atom is -0.545 e. The Labute approximate surface area is 131 Å². The second-order valence-electron chi connectivity index (χ2n) is 3.66. The van der Waals surface area contributed by atoms with E-state index in [9.17, 15) is 23.1 Å². The molecular weight excluding hydrogens is 287 g/mol. The van der Waals surface area contributed by atoms with E-state index in [-0.39, 0.29) is 40.7 Å². The first-order chi connectivity index (χ1) is 8.07. The first-order valence-corrected chi connectivity index (χ1v) is 6.07. The molecule has 0 radical (unpaired) electrons. The van der Waals surface area contributed by atoms with E-state index in [1.165, 1.54) is 19.9 Å². The van der Waals surface area contributed by atoms with Gasteiger partial charge in [0.05, 0.1) is 11.5 Å². The van der Waals surface area contributed by atoms with E-state index < -0.39 is 38.1 Å². The van der Waals surface area contributed by atoms with Crippen LogP contribution in [0.2, 0.25) is 0 Å². The topological polar surface area (TPSA) is 132 Å². The van der Waals surface area contributed by atoms with Crippen LogP contribution in [0.3, 0.4) is 0 Å². The Bertz CT molecular complexity index is 610. The molecule has 0 aliphatic rings. The molecule has 0 aromatic heterocycles. The average molecular weight is 296 g/mol. The smallest absolute Gasteiger partial charge is 0.545 e. The van der Waals surface area contributed by atoms with E-state index in [1.807, 2.05) is 0 Å². The largest absolute Gasteiger partial charge is 1.00 e. The first kappa shape index (κ1) is 18.1. The fourth-order valence-electron chi connectivity index (χ4n) is 1.73. The maximum atomic E-state index is 11.2. The molecule has 0 spiro atoms. The first-order valence-electron chi connectivity index (χ1n) is 4.63. The third-order valence-corrected chi connectivity index (χ3v) is 3.28. The van der Waals surface area contributed by atoms with Crippen molar-refractivity contribution in [3.63, 3.8) is 0 Å². The summed E-state index contributed by atoms with van der Waals surface area (Å²) in [5, 5.41) is 19.8. The minimum atomic E-state index is -5.00. The molecule has 1 aromatic carbocycles. The third-order valence-electron chi connectivity index (χ3n) is 2.35. The summed E-state index contributed by atoms with van der Waals surface area (Å²) < 4.78 is 31.4. The fourth-order valence-corrected chi connectivity index (χ4v) is 2.74. The van der Waals surface area contributed by atoms with Gasteiger partial charge in [-0.25, -0.2) is 4.79 Å². The Morgan fingerprint density at radius 1 is 1.16 bits per heavy atom. The van der Waals surface area contributed by atoms with Crippen LogP contribution < -0.4 is 34.7 Å². The number of carboxylic acid groups (broad SMARTS) is 2. The number of benzene rings is 1. The Hall–Kier alpha value is -0.930. The Kier molecular flexibility index (Phi) is 5.72. The predicted octanol–water partition coefficient (Wildman–Crippen LogP) is -3.38. The standard InChI is InChI=1S/C10H10O7S.Na/c1-4-3-5(2)7(10(13)14)8(18(15,16)17)6(4)9(11)12;/h3H,1-2H3,(H,11,12)(H,13,14)(H,15,16,17);/q;+1/p-1. The second kappa shape index (κ2) is 6.02. The van der Waals surface area contributed by atoms with Crippen LogP contribution in [0.5, 0.6) is 0 Å². The van der Waals surface area contributed by atoms with Gasteiger partial charge >= 0.3 is 35.5 Å². The van der Waals surface area contributed by atoms with Crippen LogP contribution in [0.1, 0.15) is 31.8 Å².